The number of hydrogen-bond acceptors (Lipinski definition) is 5. The Labute approximate surface area is 199 Å². The molecule has 32 heavy (non-hydrogen) atoms. The minimum Gasteiger partial charge on any atom is -0.444 e. The van der Waals surface area contributed by atoms with Gasteiger partial charge in [0.25, 0.3) is 5.91 Å². The number of hydrogen-bond donors (Lipinski definition) is 1. The summed E-state index contributed by atoms with van der Waals surface area (Å²) in [7, 11) is 0. The summed E-state index contributed by atoms with van der Waals surface area (Å²) < 4.78 is 5.41. The summed E-state index contributed by atoms with van der Waals surface area (Å²) in [6, 6.07) is 9.61. The van der Waals surface area contributed by atoms with E-state index in [4.69, 9.17) is 16.3 Å². The number of ether oxygens (including phenoxy) is 1. The zero-order valence-corrected chi connectivity index (χ0v) is 19.9. The minimum atomic E-state index is -0.291. The number of carbonyl (C=O) groups excluding carboxylic acids is 2. The highest BCUT2D eigenvalue weighted by atomic mass is 35.5. The van der Waals surface area contributed by atoms with Crippen LogP contribution in [0.3, 0.4) is 0 Å². The standard InChI is InChI=1S/C23H27ClN4O3.ClH/c1-14(2)26-22(29)17-10-18(24)21(25-11-17)27-9-8-19(15(3)12-27)28-20-7-5-4-6-16(20)13-31-23(28)30;/h4-7,10-11,14-15,19H,8-9,12-13H2,1-3H3,(H,26,29);1H/t15-,19+;/m1./s1. The number of benzene rings is 1. The van der Waals surface area contributed by atoms with Gasteiger partial charge >= 0.3 is 6.09 Å². The number of pyridine rings is 1. The Morgan fingerprint density at radius 2 is 2.06 bits per heavy atom. The number of anilines is 2. The molecule has 7 nitrogen and oxygen atoms in total. The number of fused-ring (bicyclic) bond motifs is 1. The van der Waals surface area contributed by atoms with Crippen LogP contribution in [0.2, 0.25) is 5.02 Å². The lowest BCUT2D eigenvalue weighted by Crippen LogP contribution is -2.54. The van der Waals surface area contributed by atoms with E-state index in [1.165, 1.54) is 0 Å². The second-order valence-corrected chi connectivity index (χ2v) is 8.90. The van der Waals surface area contributed by atoms with E-state index >= 15 is 0 Å². The van der Waals surface area contributed by atoms with Gasteiger partial charge in [-0.15, -0.1) is 12.4 Å². The van der Waals surface area contributed by atoms with Crippen molar-refractivity contribution in [3.8, 4) is 0 Å². The summed E-state index contributed by atoms with van der Waals surface area (Å²) in [4.78, 5) is 33.2. The Kier molecular flexibility index (Phi) is 7.51. The quantitative estimate of drug-likeness (QED) is 0.690. The van der Waals surface area contributed by atoms with E-state index in [-0.39, 0.29) is 42.4 Å². The summed E-state index contributed by atoms with van der Waals surface area (Å²) in [5.41, 5.74) is 2.40. The number of piperidine rings is 1. The molecular formula is C23H28Cl2N4O3. The third-order valence-corrected chi connectivity index (χ3v) is 6.07. The molecule has 0 unspecified atom stereocenters. The molecule has 172 valence electrons. The maximum atomic E-state index is 12.6. The van der Waals surface area contributed by atoms with E-state index < -0.39 is 0 Å². The first-order valence-electron chi connectivity index (χ1n) is 10.6. The van der Waals surface area contributed by atoms with Crippen LogP contribution in [0.4, 0.5) is 16.3 Å². The van der Waals surface area contributed by atoms with Gasteiger partial charge < -0.3 is 15.0 Å². The normalized spacial score (nSPS) is 20.3. The van der Waals surface area contributed by atoms with Crippen LogP contribution in [0, 0.1) is 5.92 Å². The third-order valence-electron chi connectivity index (χ3n) is 5.79. The molecule has 2 aliphatic heterocycles. The van der Waals surface area contributed by atoms with E-state index in [2.05, 4.69) is 22.1 Å². The molecule has 1 fully saturated rings. The Morgan fingerprint density at radius 1 is 1.31 bits per heavy atom. The van der Waals surface area contributed by atoms with Crippen LogP contribution >= 0.6 is 24.0 Å². The number of cyclic esters (lactones) is 1. The van der Waals surface area contributed by atoms with Crippen molar-refractivity contribution in [1.82, 2.24) is 10.3 Å². The van der Waals surface area contributed by atoms with Crippen LogP contribution in [-0.4, -0.2) is 42.2 Å². The van der Waals surface area contributed by atoms with Crippen molar-refractivity contribution in [2.75, 3.05) is 22.9 Å². The highest BCUT2D eigenvalue weighted by Gasteiger charge is 2.38. The molecule has 1 aromatic heterocycles. The zero-order valence-electron chi connectivity index (χ0n) is 18.4. The maximum absolute atomic E-state index is 12.6. The van der Waals surface area contributed by atoms with Crippen molar-refractivity contribution in [2.45, 2.75) is 45.9 Å². The van der Waals surface area contributed by atoms with Gasteiger partial charge in [0.2, 0.25) is 0 Å². The molecule has 1 N–H and O–H groups in total. The lowest BCUT2D eigenvalue weighted by atomic mass is 9.91. The molecule has 9 heteroatoms. The predicted octanol–water partition coefficient (Wildman–Crippen LogP) is 4.67. The first-order valence-corrected chi connectivity index (χ1v) is 11.0. The van der Waals surface area contributed by atoms with Gasteiger partial charge in [-0.1, -0.05) is 36.7 Å². The fourth-order valence-corrected chi connectivity index (χ4v) is 4.62. The van der Waals surface area contributed by atoms with Crippen molar-refractivity contribution in [1.29, 1.82) is 0 Å². The third kappa shape index (κ3) is 4.79. The van der Waals surface area contributed by atoms with Gasteiger partial charge in [0.15, 0.2) is 0 Å². The number of nitrogens with one attached hydrogen (secondary N) is 1. The SMILES string of the molecule is CC(C)NC(=O)c1cnc(N2CC[C@H](N3C(=O)OCc4ccccc43)[C@H](C)C2)c(Cl)c1.Cl. The van der Waals surface area contributed by atoms with Crippen LogP contribution < -0.4 is 15.1 Å². The molecule has 0 radical (unpaired) electrons. The van der Waals surface area contributed by atoms with Crippen molar-refractivity contribution >= 4 is 47.5 Å². The first kappa shape index (κ1) is 24.1. The molecular weight excluding hydrogens is 451 g/mol. The lowest BCUT2D eigenvalue weighted by molar-refractivity contribution is 0.0942. The zero-order chi connectivity index (χ0) is 22.1. The van der Waals surface area contributed by atoms with E-state index in [9.17, 15) is 9.59 Å². The van der Waals surface area contributed by atoms with Crippen molar-refractivity contribution in [3.05, 3.63) is 52.7 Å². The molecule has 2 atom stereocenters. The Bertz CT molecular complexity index is 1000. The van der Waals surface area contributed by atoms with Crippen molar-refractivity contribution in [3.63, 3.8) is 0 Å². The highest BCUT2D eigenvalue weighted by molar-refractivity contribution is 6.33. The maximum Gasteiger partial charge on any atom is 0.414 e. The molecule has 1 aromatic carbocycles. The van der Waals surface area contributed by atoms with Gasteiger partial charge in [-0.2, -0.15) is 0 Å². The second kappa shape index (κ2) is 9.96. The summed E-state index contributed by atoms with van der Waals surface area (Å²) >= 11 is 6.50. The monoisotopic (exact) mass is 478 g/mol. The molecule has 2 amide bonds. The number of amides is 2. The van der Waals surface area contributed by atoms with Gasteiger partial charge in [-0.3, -0.25) is 9.69 Å². The molecule has 4 rings (SSSR count). The van der Waals surface area contributed by atoms with Crippen molar-refractivity contribution in [2.24, 2.45) is 5.92 Å². The summed E-state index contributed by atoms with van der Waals surface area (Å²) in [5.74, 6) is 0.647. The Hall–Kier alpha value is -2.51. The summed E-state index contributed by atoms with van der Waals surface area (Å²) in [6.45, 7) is 7.65. The molecule has 0 bridgehead atoms. The number of rotatable bonds is 4. The average molecular weight is 479 g/mol. The minimum absolute atomic E-state index is 0. The Morgan fingerprint density at radius 3 is 2.75 bits per heavy atom. The van der Waals surface area contributed by atoms with E-state index in [1.807, 2.05) is 38.1 Å². The largest absolute Gasteiger partial charge is 0.444 e. The number of nitrogens with zero attached hydrogens (tertiary/aromatic N) is 3. The van der Waals surface area contributed by atoms with Crippen LogP contribution in [0.1, 0.15) is 43.1 Å². The molecule has 0 spiro atoms. The van der Waals surface area contributed by atoms with Gasteiger partial charge in [-0.05, 0) is 38.3 Å². The summed E-state index contributed by atoms with van der Waals surface area (Å²) in [6.07, 6.45) is 2.03. The van der Waals surface area contributed by atoms with E-state index in [1.54, 1.807) is 17.2 Å². The van der Waals surface area contributed by atoms with Gasteiger partial charge in [0.1, 0.15) is 12.4 Å². The predicted molar refractivity (Wildman–Crippen MR) is 128 cm³/mol. The second-order valence-electron chi connectivity index (χ2n) is 8.49. The van der Waals surface area contributed by atoms with Crippen LogP contribution in [-0.2, 0) is 11.3 Å². The van der Waals surface area contributed by atoms with Crippen LogP contribution in [0.25, 0.3) is 0 Å². The number of halogens is 2. The Balaban J connectivity index is 0.00000289. The fourth-order valence-electron chi connectivity index (χ4n) is 4.33. The van der Waals surface area contributed by atoms with E-state index in [0.717, 1.165) is 17.7 Å². The molecule has 1 saturated heterocycles. The smallest absolute Gasteiger partial charge is 0.414 e. The fraction of sp³-hybridized carbons (Fsp3) is 0.435. The molecule has 3 heterocycles. The van der Waals surface area contributed by atoms with Gasteiger partial charge in [0, 0.05) is 36.9 Å². The summed E-state index contributed by atoms with van der Waals surface area (Å²) in [5, 5.41) is 3.30. The molecule has 2 aliphatic rings. The van der Waals surface area contributed by atoms with Gasteiger partial charge in [-0.25, -0.2) is 9.78 Å². The van der Waals surface area contributed by atoms with E-state index in [0.29, 0.717) is 36.1 Å². The van der Waals surface area contributed by atoms with Crippen molar-refractivity contribution < 1.29 is 14.3 Å². The number of carbonyl (C=O) groups is 2. The topological polar surface area (TPSA) is 74.8 Å². The lowest BCUT2D eigenvalue weighted by Gasteiger charge is -2.44. The first-order chi connectivity index (χ1) is 14.8. The average Bonchev–Trinajstić information content (AvgIpc) is 2.73. The molecule has 0 aliphatic carbocycles. The molecule has 0 saturated carbocycles. The van der Waals surface area contributed by atoms with Gasteiger partial charge in [0.05, 0.1) is 16.3 Å². The number of para-hydroxylation sites is 1. The number of aromatic nitrogens is 1. The van der Waals surface area contributed by atoms with Crippen LogP contribution in [0.5, 0.6) is 0 Å². The highest BCUT2D eigenvalue weighted by Crippen LogP contribution is 2.35. The van der Waals surface area contributed by atoms with Crippen LogP contribution in [0.15, 0.2) is 36.5 Å². The molecule has 2 aromatic rings.